The molecule has 1 heterocycles. The predicted octanol–water partition coefficient (Wildman–Crippen LogP) is 1.02. The molecule has 0 N–H and O–H groups in total. The molecule has 0 spiro atoms. The highest BCUT2D eigenvalue weighted by Crippen LogP contribution is 2.08. The van der Waals surface area contributed by atoms with Crippen LogP contribution in [0.3, 0.4) is 0 Å². The van der Waals surface area contributed by atoms with Crippen molar-refractivity contribution in [1.29, 1.82) is 0 Å². The highest BCUT2D eigenvalue weighted by atomic mass is 16.3. The second kappa shape index (κ2) is 7.50. The molecule has 0 aliphatic carbocycles. The summed E-state index contributed by atoms with van der Waals surface area (Å²) in [5.74, 6) is 0.615. The number of allylic oxidation sites excluding steroid dienone is 2. The highest BCUT2D eigenvalue weighted by molar-refractivity contribution is 5.78. The number of nitroso groups, excluding NO2 is 1. The van der Waals surface area contributed by atoms with Crippen LogP contribution in [0.15, 0.2) is 34.3 Å². The maximum atomic E-state index is 10.4. The van der Waals surface area contributed by atoms with Crippen molar-refractivity contribution in [3.05, 3.63) is 29.1 Å². The van der Waals surface area contributed by atoms with Gasteiger partial charge in [0.25, 0.3) is 0 Å². The molecule has 0 bridgehead atoms. The number of carbonyl (C=O) groups is 1. The molecular formula is C12H18N4O2. The van der Waals surface area contributed by atoms with Crippen molar-refractivity contribution >= 4 is 12.5 Å². The van der Waals surface area contributed by atoms with Gasteiger partial charge in [-0.15, -0.1) is 4.91 Å². The first-order chi connectivity index (χ1) is 8.71. The van der Waals surface area contributed by atoms with Crippen molar-refractivity contribution in [2.45, 2.75) is 6.92 Å². The number of hydrogen-bond donors (Lipinski definition) is 0. The molecule has 0 radical (unpaired) electrons. The summed E-state index contributed by atoms with van der Waals surface area (Å²) in [6, 6.07) is 0. The number of aliphatic imine (C=N–C) groups is 1. The van der Waals surface area contributed by atoms with E-state index in [1.165, 1.54) is 6.21 Å². The molecule has 6 nitrogen and oxygen atoms in total. The van der Waals surface area contributed by atoms with Crippen molar-refractivity contribution in [1.82, 2.24) is 9.80 Å². The lowest BCUT2D eigenvalue weighted by molar-refractivity contribution is -0.109. The number of rotatable bonds is 6. The minimum Gasteiger partial charge on any atom is -0.355 e. The zero-order chi connectivity index (χ0) is 13.4. The Kier molecular flexibility index (Phi) is 5.93. The Hall–Kier alpha value is -1.82. The van der Waals surface area contributed by atoms with Gasteiger partial charge in [0.1, 0.15) is 17.8 Å². The van der Waals surface area contributed by atoms with E-state index >= 15 is 0 Å². The summed E-state index contributed by atoms with van der Waals surface area (Å²) in [4.78, 5) is 29.0. The van der Waals surface area contributed by atoms with Gasteiger partial charge in [-0.2, -0.15) is 0 Å². The van der Waals surface area contributed by atoms with Gasteiger partial charge in [0.2, 0.25) is 0 Å². The van der Waals surface area contributed by atoms with Gasteiger partial charge in [-0.3, -0.25) is 4.90 Å². The first kappa shape index (κ1) is 14.2. The van der Waals surface area contributed by atoms with E-state index < -0.39 is 0 Å². The van der Waals surface area contributed by atoms with E-state index in [4.69, 9.17) is 0 Å². The standard InChI is InChI=1S/C12H18N4O2/c1-3-12(14-18)10-13-11(2)16-6-4-15(5-7-16)8-9-17/h3,9-10H,2,4-8H2,1H3/b12-3+,13-10-. The average Bonchev–Trinajstić information content (AvgIpc) is 2.41. The van der Waals surface area contributed by atoms with Crippen LogP contribution in [0.25, 0.3) is 0 Å². The van der Waals surface area contributed by atoms with Gasteiger partial charge in [0.05, 0.1) is 12.8 Å². The third-order valence-electron chi connectivity index (χ3n) is 2.82. The fraction of sp³-hybridized carbons (Fsp3) is 0.500. The topological polar surface area (TPSA) is 65.3 Å². The Morgan fingerprint density at radius 2 is 2.00 bits per heavy atom. The van der Waals surface area contributed by atoms with Gasteiger partial charge in [0, 0.05) is 26.2 Å². The van der Waals surface area contributed by atoms with Crippen LogP contribution in [-0.4, -0.2) is 55.0 Å². The van der Waals surface area contributed by atoms with E-state index in [0.717, 1.165) is 32.5 Å². The van der Waals surface area contributed by atoms with Gasteiger partial charge < -0.3 is 9.69 Å². The number of carbonyl (C=O) groups excluding carboxylic acids is 1. The van der Waals surface area contributed by atoms with E-state index in [1.54, 1.807) is 13.0 Å². The molecule has 6 heteroatoms. The molecule has 0 atom stereocenters. The van der Waals surface area contributed by atoms with Gasteiger partial charge in [-0.05, 0) is 12.1 Å². The molecule has 1 rings (SSSR count). The van der Waals surface area contributed by atoms with Gasteiger partial charge in [-0.25, -0.2) is 4.99 Å². The van der Waals surface area contributed by atoms with Crippen LogP contribution < -0.4 is 0 Å². The lowest BCUT2D eigenvalue weighted by atomic mass is 10.3. The van der Waals surface area contributed by atoms with Crippen molar-refractivity contribution in [3.63, 3.8) is 0 Å². The second-order valence-corrected chi connectivity index (χ2v) is 3.93. The molecule has 0 aromatic carbocycles. The van der Waals surface area contributed by atoms with E-state index in [9.17, 15) is 9.70 Å². The summed E-state index contributed by atoms with van der Waals surface area (Å²) in [7, 11) is 0. The number of hydrogen-bond acceptors (Lipinski definition) is 6. The smallest absolute Gasteiger partial charge is 0.133 e. The summed E-state index contributed by atoms with van der Waals surface area (Å²) in [6.45, 7) is 9.25. The largest absolute Gasteiger partial charge is 0.355 e. The summed E-state index contributed by atoms with van der Waals surface area (Å²) in [6.07, 6.45) is 3.91. The van der Waals surface area contributed by atoms with Crippen LogP contribution in [0.4, 0.5) is 0 Å². The molecule has 1 aliphatic rings. The molecule has 1 fully saturated rings. The Bertz CT molecular complexity index is 368. The molecule has 1 aliphatic heterocycles. The van der Waals surface area contributed by atoms with Crippen molar-refractivity contribution in [3.8, 4) is 0 Å². The minimum atomic E-state index is 0.288. The van der Waals surface area contributed by atoms with Gasteiger partial charge >= 0.3 is 0 Å². The van der Waals surface area contributed by atoms with Gasteiger partial charge in [0.15, 0.2) is 0 Å². The Labute approximate surface area is 107 Å². The predicted molar refractivity (Wildman–Crippen MR) is 71.3 cm³/mol. The normalized spacial score (nSPS) is 18.1. The molecule has 0 saturated carbocycles. The number of aldehydes is 1. The zero-order valence-electron chi connectivity index (χ0n) is 10.6. The first-order valence-electron chi connectivity index (χ1n) is 5.84. The Morgan fingerprint density at radius 1 is 1.33 bits per heavy atom. The summed E-state index contributed by atoms with van der Waals surface area (Å²) in [5, 5.41) is 2.82. The molecule has 0 aromatic heterocycles. The quantitative estimate of drug-likeness (QED) is 0.401. The number of piperazine rings is 1. The van der Waals surface area contributed by atoms with Crippen LogP contribution in [-0.2, 0) is 4.79 Å². The van der Waals surface area contributed by atoms with E-state index in [1.807, 2.05) is 4.90 Å². The second-order valence-electron chi connectivity index (χ2n) is 3.93. The van der Waals surface area contributed by atoms with Gasteiger partial charge in [-0.1, -0.05) is 12.7 Å². The molecule has 98 valence electrons. The van der Waals surface area contributed by atoms with E-state index in [0.29, 0.717) is 12.4 Å². The van der Waals surface area contributed by atoms with Crippen LogP contribution in [0.1, 0.15) is 6.92 Å². The maximum absolute atomic E-state index is 10.4. The lowest BCUT2D eigenvalue weighted by Crippen LogP contribution is -2.45. The molecule has 18 heavy (non-hydrogen) atoms. The van der Waals surface area contributed by atoms with E-state index in [-0.39, 0.29) is 5.70 Å². The highest BCUT2D eigenvalue weighted by Gasteiger charge is 2.16. The third kappa shape index (κ3) is 4.21. The average molecular weight is 250 g/mol. The van der Waals surface area contributed by atoms with Crippen LogP contribution in [0, 0.1) is 4.91 Å². The summed E-state index contributed by atoms with van der Waals surface area (Å²) < 4.78 is 0. The molecule has 0 unspecified atom stereocenters. The van der Waals surface area contributed by atoms with Crippen LogP contribution in [0.2, 0.25) is 0 Å². The minimum absolute atomic E-state index is 0.288. The summed E-state index contributed by atoms with van der Waals surface area (Å²) in [5.41, 5.74) is 0.288. The maximum Gasteiger partial charge on any atom is 0.133 e. The van der Waals surface area contributed by atoms with Crippen molar-refractivity contribution in [2.75, 3.05) is 32.7 Å². The molecular weight excluding hydrogens is 232 g/mol. The fourth-order valence-corrected chi connectivity index (χ4v) is 1.67. The molecule has 0 amide bonds. The van der Waals surface area contributed by atoms with Crippen molar-refractivity contribution in [2.24, 2.45) is 10.2 Å². The SMILES string of the molecule is C=C(/N=C\C(=C/C)N=O)N1CCN(CC=O)CC1. The monoisotopic (exact) mass is 250 g/mol. The molecule has 1 saturated heterocycles. The summed E-state index contributed by atoms with van der Waals surface area (Å²) >= 11 is 0. The first-order valence-corrected chi connectivity index (χ1v) is 5.84. The lowest BCUT2D eigenvalue weighted by Gasteiger charge is -2.34. The fourth-order valence-electron chi connectivity index (χ4n) is 1.67. The third-order valence-corrected chi connectivity index (χ3v) is 2.82. The number of nitrogens with zero attached hydrogens (tertiary/aromatic N) is 4. The van der Waals surface area contributed by atoms with Crippen LogP contribution in [0.5, 0.6) is 0 Å². The van der Waals surface area contributed by atoms with Crippen molar-refractivity contribution < 1.29 is 4.79 Å². The Balaban J connectivity index is 2.45. The Morgan fingerprint density at radius 3 is 2.50 bits per heavy atom. The zero-order valence-corrected chi connectivity index (χ0v) is 10.6. The molecule has 0 aromatic rings. The van der Waals surface area contributed by atoms with E-state index in [2.05, 4.69) is 21.6 Å². The van der Waals surface area contributed by atoms with Crippen LogP contribution >= 0.6 is 0 Å².